The SMILES string of the molecule is O=C(CSc1nc(-c2cccc(NS(=O)(=O)c3ccccc3)c2)cs1)NC1CCN(Cc2ccc(Cl)c(Cl)c2)CC1. The molecule has 3 aromatic carbocycles. The first kappa shape index (κ1) is 29.9. The van der Waals surface area contributed by atoms with Crippen LogP contribution in [0.25, 0.3) is 11.3 Å². The Morgan fingerprint density at radius 3 is 2.54 bits per heavy atom. The molecule has 0 saturated carbocycles. The Morgan fingerprint density at radius 2 is 1.78 bits per heavy atom. The zero-order chi connectivity index (χ0) is 28.8. The minimum atomic E-state index is -3.69. The monoisotopic (exact) mass is 646 g/mol. The summed E-state index contributed by atoms with van der Waals surface area (Å²) in [6, 6.07) is 21.2. The van der Waals surface area contributed by atoms with Crippen molar-refractivity contribution < 1.29 is 13.2 Å². The van der Waals surface area contributed by atoms with E-state index in [1.807, 2.05) is 29.6 Å². The van der Waals surface area contributed by atoms with E-state index in [2.05, 4.69) is 19.9 Å². The summed E-state index contributed by atoms with van der Waals surface area (Å²) >= 11 is 15.0. The van der Waals surface area contributed by atoms with Crippen LogP contribution >= 0.6 is 46.3 Å². The smallest absolute Gasteiger partial charge is 0.261 e. The molecule has 5 rings (SSSR count). The number of amides is 1. The number of anilines is 1. The normalized spacial score (nSPS) is 14.6. The number of carbonyl (C=O) groups is 1. The number of carbonyl (C=O) groups excluding carboxylic acids is 1. The quantitative estimate of drug-likeness (QED) is 0.184. The highest BCUT2D eigenvalue weighted by atomic mass is 35.5. The molecule has 214 valence electrons. The number of benzene rings is 3. The molecule has 41 heavy (non-hydrogen) atoms. The summed E-state index contributed by atoms with van der Waals surface area (Å²) in [6.45, 7) is 2.60. The number of hydrogen-bond donors (Lipinski definition) is 2. The Hall–Kier alpha value is -2.60. The Morgan fingerprint density at radius 1 is 1.00 bits per heavy atom. The predicted molar refractivity (Wildman–Crippen MR) is 168 cm³/mol. The van der Waals surface area contributed by atoms with E-state index in [1.165, 1.54) is 23.1 Å². The van der Waals surface area contributed by atoms with E-state index in [0.717, 1.165) is 53.6 Å². The van der Waals surface area contributed by atoms with Crippen LogP contribution in [0, 0.1) is 0 Å². The van der Waals surface area contributed by atoms with Gasteiger partial charge in [0.05, 0.1) is 26.4 Å². The topological polar surface area (TPSA) is 91.4 Å². The Bertz CT molecular complexity index is 1610. The minimum absolute atomic E-state index is 0.00741. The van der Waals surface area contributed by atoms with Gasteiger partial charge in [0.1, 0.15) is 0 Å². The number of likely N-dealkylation sites (tertiary alicyclic amines) is 1. The van der Waals surface area contributed by atoms with Crippen LogP contribution in [-0.2, 0) is 21.4 Å². The van der Waals surface area contributed by atoms with Gasteiger partial charge in [-0.25, -0.2) is 13.4 Å². The van der Waals surface area contributed by atoms with Crippen molar-refractivity contribution in [3.8, 4) is 11.3 Å². The Balaban J connectivity index is 1.09. The molecular formula is C29H28Cl2N4O3S3. The number of rotatable bonds is 10. The van der Waals surface area contributed by atoms with Crippen molar-refractivity contribution in [2.24, 2.45) is 0 Å². The van der Waals surface area contributed by atoms with Gasteiger partial charge in [-0.15, -0.1) is 11.3 Å². The summed E-state index contributed by atoms with van der Waals surface area (Å²) in [7, 11) is -3.69. The van der Waals surface area contributed by atoms with Gasteiger partial charge in [0.2, 0.25) is 5.91 Å². The standard InChI is InChI=1S/C29H28Cl2N4O3S3/c30-25-10-9-20(15-26(25)31)17-35-13-11-22(12-14-35)32-28(36)19-40-29-33-27(18-39-29)21-5-4-6-23(16-21)34-41(37,38)24-7-2-1-3-8-24/h1-10,15-16,18,22,34H,11-14,17,19H2,(H,32,36). The summed E-state index contributed by atoms with van der Waals surface area (Å²) in [5, 5.41) is 6.19. The highest BCUT2D eigenvalue weighted by molar-refractivity contribution is 8.01. The molecule has 0 aliphatic carbocycles. The number of thioether (sulfide) groups is 1. The van der Waals surface area contributed by atoms with Crippen molar-refractivity contribution in [3.05, 3.63) is 93.8 Å². The Labute approximate surface area is 258 Å². The molecule has 4 aromatic rings. The molecule has 1 aliphatic rings. The molecule has 0 bridgehead atoms. The van der Waals surface area contributed by atoms with Crippen molar-refractivity contribution in [3.63, 3.8) is 0 Å². The number of piperidine rings is 1. The summed E-state index contributed by atoms with van der Waals surface area (Å²) in [5.74, 6) is 0.278. The van der Waals surface area contributed by atoms with E-state index in [4.69, 9.17) is 23.2 Å². The number of halogens is 2. The fraction of sp³-hybridized carbons (Fsp3) is 0.241. The van der Waals surface area contributed by atoms with E-state index in [-0.39, 0.29) is 22.6 Å². The zero-order valence-corrected chi connectivity index (χ0v) is 25.9. The summed E-state index contributed by atoms with van der Waals surface area (Å²) in [4.78, 5) is 19.8. The second-order valence-electron chi connectivity index (χ2n) is 9.65. The second kappa shape index (κ2) is 13.6. The second-order valence-corrected chi connectivity index (χ2v) is 14.2. The van der Waals surface area contributed by atoms with Crippen molar-refractivity contribution in [2.45, 2.75) is 34.7 Å². The lowest BCUT2D eigenvalue weighted by atomic mass is 10.0. The molecule has 0 radical (unpaired) electrons. The third-order valence-corrected chi connectivity index (χ3v) is 10.8. The molecule has 1 amide bonds. The highest BCUT2D eigenvalue weighted by Crippen LogP contribution is 2.30. The van der Waals surface area contributed by atoms with E-state index >= 15 is 0 Å². The van der Waals surface area contributed by atoms with Crippen LogP contribution in [0.2, 0.25) is 10.0 Å². The number of sulfonamides is 1. The maximum atomic E-state index is 12.7. The molecule has 7 nitrogen and oxygen atoms in total. The van der Waals surface area contributed by atoms with Crippen LogP contribution in [0.4, 0.5) is 5.69 Å². The average molecular weight is 648 g/mol. The van der Waals surface area contributed by atoms with Gasteiger partial charge in [-0.1, -0.05) is 71.4 Å². The molecule has 1 fully saturated rings. The maximum absolute atomic E-state index is 12.7. The van der Waals surface area contributed by atoms with Crippen molar-refractivity contribution in [2.75, 3.05) is 23.6 Å². The molecule has 1 aliphatic heterocycles. The molecule has 2 N–H and O–H groups in total. The van der Waals surface area contributed by atoms with Gasteiger partial charge in [-0.3, -0.25) is 14.4 Å². The number of nitrogens with one attached hydrogen (secondary N) is 2. The summed E-state index contributed by atoms with van der Waals surface area (Å²) in [5.41, 5.74) is 3.10. The van der Waals surface area contributed by atoms with Crippen LogP contribution in [-0.4, -0.2) is 49.1 Å². The maximum Gasteiger partial charge on any atom is 0.261 e. The minimum Gasteiger partial charge on any atom is -0.353 e. The van der Waals surface area contributed by atoms with Crippen molar-refractivity contribution in [1.29, 1.82) is 0 Å². The van der Waals surface area contributed by atoms with E-state index in [1.54, 1.807) is 48.5 Å². The van der Waals surface area contributed by atoms with Crippen LogP contribution < -0.4 is 10.0 Å². The average Bonchev–Trinajstić information content (AvgIpc) is 3.45. The number of nitrogens with zero attached hydrogens (tertiary/aromatic N) is 2. The zero-order valence-electron chi connectivity index (χ0n) is 21.9. The number of aromatic nitrogens is 1. The van der Waals surface area contributed by atoms with E-state index in [0.29, 0.717) is 15.7 Å². The van der Waals surface area contributed by atoms with Gasteiger partial charge in [0.15, 0.2) is 4.34 Å². The highest BCUT2D eigenvalue weighted by Gasteiger charge is 2.21. The van der Waals surface area contributed by atoms with Crippen LogP contribution in [0.1, 0.15) is 18.4 Å². The number of thiazole rings is 1. The van der Waals surface area contributed by atoms with Gasteiger partial charge < -0.3 is 5.32 Å². The fourth-order valence-electron chi connectivity index (χ4n) is 4.54. The number of hydrogen-bond acceptors (Lipinski definition) is 7. The lowest BCUT2D eigenvalue weighted by Crippen LogP contribution is -2.44. The summed E-state index contributed by atoms with van der Waals surface area (Å²) < 4.78 is 28.8. The van der Waals surface area contributed by atoms with E-state index in [9.17, 15) is 13.2 Å². The van der Waals surface area contributed by atoms with Gasteiger partial charge in [-0.2, -0.15) is 0 Å². The first-order valence-corrected chi connectivity index (χ1v) is 17.1. The van der Waals surface area contributed by atoms with Gasteiger partial charge >= 0.3 is 0 Å². The van der Waals surface area contributed by atoms with Gasteiger partial charge in [0.25, 0.3) is 10.0 Å². The predicted octanol–water partition coefficient (Wildman–Crippen LogP) is 6.79. The van der Waals surface area contributed by atoms with Crippen molar-refractivity contribution in [1.82, 2.24) is 15.2 Å². The Kier molecular flexibility index (Phi) is 9.90. The lowest BCUT2D eigenvalue weighted by Gasteiger charge is -2.32. The molecule has 12 heteroatoms. The molecule has 1 aromatic heterocycles. The fourth-order valence-corrected chi connectivity index (χ4v) is 7.58. The lowest BCUT2D eigenvalue weighted by molar-refractivity contribution is -0.119. The van der Waals surface area contributed by atoms with Crippen LogP contribution in [0.15, 0.2) is 87.4 Å². The van der Waals surface area contributed by atoms with Crippen LogP contribution in [0.3, 0.4) is 0 Å². The molecule has 0 unspecified atom stereocenters. The van der Waals surface area contributed by atoms with Gasteiger partial charge in [-0.05, 0) is 54.8 Å². The molecule has 0 atom stereocenters. The van der Waals surface area contributed by atoms with Crippen LogP contribution in [0.5, 0.6) is 0 Å². The first-order valence-electron chi connectivity index (χ1n) is 13.0. The largest absolute Gasteiger partial charge is 0.353 e. The third-order valence-electron chi connectivity index (χ3n) is 6.62. The van der Waals surface area contributed by atoms with Crippen molar-refractivity contribution >= 4 is 67.9 Å². The van der Waals surface area contributed by atoms with Gasteiger partial charge in [0, 0.05) is 42.3 Å². The molecular weight excluding hydrogens is 619 g/mol. The molecule has 1 saturated heterocycles. The van der Waals surface area contributed by atoms with E-state index < -0.39 is 10.0 Å². The molecule has 0 spiro atoms. The molecule has 2 heterocycles. The first-order chi connectivity index (χ1) is 19.7. The third kappa shape index (κ3) is 8.24. The summed E-state index contributed by atoms with van der Waals surface area (Å²) in [6.07, 6.45) is 1.78.